The predicted molar refractivity (Wildman–Crippen MR) is 120 cm³/mol. The van der Waals surface area contributed by atoms with Crippen molar-refractivity contribution in [3.63, 3.8) is 0 Å². The molecule has 1 aromatic heterocycles. The molecule has 0 bridgehead atoms. The minimum Gasteiger partial charge on any atom is -0.494 e. The second kappa shape index (κ2) is 9.26. The number of thioether (sulfide) groups is 1. The molecule has 2 aromatic carbocycles. The molecule has 0 saturated carbocycles. The summed E-state index contributed by atoms with van der Waals surface area (Å²) in [5.74, 6) is 1.73. The first-order chi connectivity index (χ1) is 15.1. The molecule has 4 rings (SSSR count). The van der Waals surface area contributed by atoms with Gasteiger partial charge in [-0.1, -0.05) is 54.2 Å². The summed E-state index contributed by atoms with van der Waals surface area (Å²) < 4.78 is 12.4. The van der Waals surface area contributed by atoms with Gasteiger partial charge in [0.1, 0.15) is 11.8 Å². The first-order valence-electron chi connectivity index (χ1n) is 10.0. The number of anilines is 1. The summed E-state index contributed by atoms with van der Waals surface area (Å²) in [6.45, 7) is 4.38. The second-order valence-corrected chi connectivity index (χ2v) is 7.94. The number of carbonyl (C=O) groups is 1. The van der Waals surface area contributed by atoms with Crippen LogP contribution in [0.15, 0.2) is 71.0 Å². The number of aromatic nitrogens is 3. The third kappa shape index (κ3) is 4.44. The average Bonchev–Trinajstić information content (AvgIpc) is 3.20. The zero-order valence-corrected chi connectivity index (χ0v) is 18.5. The van der Waals surface area contributed by atoms with E-state index in [4.69, 9.17) is 14.6 Å². The van der Waals surface area contributed by atoms with Crippen molar-refractivity contribution in [3.8, 4) is 5.75 Å². The van der Waals surface area contributed by atoms with Gasteiger partial charge in [-0.25, -0.2) is 9.48 Å². The molecule has 3 aromatic rings. The standard InChI is InChI=1S/C23H24N4O3S/c1-4-30-18-12-10-17(11-13-18)20-19(21(28)29-3)15(2)24-22-25-23(26-27(20)22)31-14-16-8-6-5-7-9-16/h5-13,20H,4,14H2,1-3H3,(H,24,25,26). The van der Waals surface area contributed by atoms with E-state index >= 15 is 0 Å². The number of benzene rings is 2. The van der Waals surface area contributed by atoms with Gasteiger partial charge in [-0.15, -0.1) is 5.10 Å². The second-order valence-electron chi connectivity index (χ2n) is 7.00. The van der Waals surface area contributed by atoms with Gasteiger partial charge in [-0.05, 0) is 37.1 Å². The molecule has 1 unspecified atom stereocenters. The van der Waals surface area contributed by atoms with Gasteiger partial charge in [0, 0.05) is 11.4 Å². The van der Waals surface area contributed by atoms with E-state index < -0.39 is 12.0 Å². The number of methoxy groups -OCH3 is 1. The maximum atomic E-state index is 12.6. The fraction of sp³-hybridized carbons (Fsp3) is 0.261. The Kier molecular flexibility index (Phi) is 6.27. The highest BCUT2D eigenvalue weighted by atomic mass is 32.2. The minimum absolute atomic E-state index is 0.400. The fourth-order valence-corrected chi connectivity index (χ4v) is 4.30. The van der Waals surface area contributed by atoms with Crippen LogP contribution in [0.5, 0.6) is 5.75 Å². The zero-order chi connectivity index (χ0) is 21.8. The van der Waals surface area contributed by atoms with E-state index in [-0.39, 0.29) is 0 Å². The Hall–Kier alpha value is -3.26. The molecule has 7 nitrogen and oxygen atoms in total. The molecule has 1 aliphatic rings. The van der Waals surface area contributed by atoms with E-state index in [2.05, 4.69) is 22.4 Å². The Morgan fingerprint density at radius 1 is 1.16 bits per heavy atom. The Morgan fingerprint density at radius 3 is 2.58 bits per heavy atom. The Bertz CT molecular complexity index is 1090. The number of fused-ring (bicyclic) bond motifs is 1. The van der Waals surface area contributed by atoms with Gasteiger partial charge >= 0.3 is 5.97 Å². The van der Waals surface area contributed by atoms with Gasteiger partial charge in [0.05, 0.1) is 19.3 Å². The monoisotopic (exact) mass is 436 g/mol. The lowest BCUT2D eigenvalue weighted by Crippen LogP contribution is -2.29. The van der Waals surface area contributed by atoms with Crippen molar-refractivity contribution >= 4 is 23.7 Å². The molecule has 0 spiro atoms. The number of nitrogens with one attached hydrogen (secondary N) is 1. The Labute approximate surface area is 185 Å². The highest BCUT2D eigenvalue weighted by Gasteiger charge is 2.35. The van der Waals surface area contributed by atoms with Crippen LogP contribution < -0.4 is 10.1 Å². The van der Waals surface area contributed by atoms with E-state index in [1.54, 1.807) is 16.4 Å². The number of rotatable bonds is 7. The third-order valence-electron chi connectivity index (χ3n) is 4.96. The highest BCUT2D eigenvalue weighted by Crippen LogP contribution is 2.37. The van der Waals surface area contributed by atoms with Crippen LogP contribution in [0, 0.1) is 0 Å². The third-order valence-corrected chi connectivity index (χ3v) is 5.86. The van der Waals surface area contributed by atoms with Gasteiger partial charge in [-0.2, -0.15) is 4.98 Å². The molecule has 1 atom stereocenters. The van der Waals surface area contributed by atoms with Gasteiger partial charge in [-0.3, -0.25) is 0 Å². The average molecular weight is 437 g/mol. The normalized spacial score (nSPS) is 15.3. The van der Waals surface area contributed by atoms with Gasteiger partial charge < -0.3 is 14.8 Å². The van der Waals surface area contributed by atoms with Crippen LogP contribution in [0.4, 0.5) is 5.95 Å². The lowest BCUT2D eigenvalue weighted by molar-refractivity contribution is -0.136. The van der Waals surface area contributed by atoms with Crippen molar-refractivity contribution < 1.29 is 14.3 Å². The molecule has 31 heavy (non-hydrogen) atoms. The summed E-state index contributed by atoms with van der Waals surface area (Å²) in [4.78, 5) is 17.3. The van der Waals surface area contributed by atoms with Crippen molar-refractivity contribution in [3.05, 3.63) is 77.0 Å². The minimum atomic E-state index is -0.446. The largest absolute Gasteiger partial charge is 0.494 e. The lowest BCUT2D eigenvalue weighted by Gasteiger charge is -2.27. The molecule has 0 fully saturated rings. The van der Waals surface area contributed by atoms with Crippen LogP contribution in [0.25, 0.3) is 0 Å². The van der Waals surface area contributed by atoms with E-state index in [0.29, 0.717) is 29.0 Å². The van der Waals surface area contributed by atoms with E-state index in [1.165, 1.54) is 12.7 Å². The van der Waals surface area contributed by atoms with Crippen molar-refractivity contribution in [2.45, 2.75) is 30.8 Å². The molecule has 1 aliphatic heterocycles. The molecular weight excluding hydrogens is 412 g/mol. The van der Waals surface area contributed by atoms with Crippen molar-refractivity contribution in [2.24, 2.45) is 0 Å². The first-order valence-corrected chi connectivity index (χ1v) is 11.0. The van der Waals surface area contributed by atoms with E-state index in [0.717, 1.165) is 17.1 Å². The Morgan fingerprint density at radius 2 is 1.90 bits per heavy atom. The number of carbonyl (C=O) groups excluding carboxylic acids is 1. The molecule has 0 aliphatic carbocycles. The molecule has 8 heteroatoms. The number of hydrogen-bond donors (Lipinski definition) is 1. The van der Waals surface area contributed by atoms with Gasteiger partial charge in [0.2, 0.25) is 11.1 Å². The summed E-state index contributed by atoms with van der Waals surface area (Å²) in [6.07, 6.45) is 0. The molecule has 0 amide bonds. The molecular formula is C23H24N4O3S. The number of hydrogen-bond acceptors (Lipinski definition) is 7. The molecule has 2 heterocycles. The van der Waals surface area contributed by atoms with Crippen LogP contribution in [0.1, 0.15) is 31.0 Å². The van der Waals surface area contributed by atoms with Gasteiger partial charge in [0.25, 0.3) is 0 Å². The predicted octanol–water partition coefficient (Wildman–Crippen LogP) is 4.43. The van der Waals surface area contributed by atoms with Gasteiger partial charge in [0.15, 0.2) is 0 Å². The smallest absolute Gasteiger partial charge is 0.338 e. The number of allylic oxidation sites excluding steroid dienone is 1. The van der Waals surface area contributed by atoms with Crippen LogP contribution in [-0.2, 0) is 15.3 Å². The number of esters is 1. The molecule has 160 valence electrons. The summed E-state index contributed by atoms with van der Waals surface area (Å²) in [5, 5.41) is 8.56. The molecule has 0 radical (unpaired) electrons. The maximum absolute atomic E-state index is 12.6. The van der Waals surface area contributed by atoms with Crippen LogP contribution in [-0.4, -0.2) is 34.5 Å². The quantitative estimate of drug-likeness (QED) is 0.434. The number of ether oxygens (including phenoxy) is 2. The van der Waals surface area contributed by atoms with Crippen LogP contribution in [0.2, 0.25) is 0 Å². The maximum Gasteiger partial charge on any atom is 0.338 e. The first kappa shape index (κ1) is 21.0. The Balaban J connectivity index is 1.68. The van der Waals surface area contributed by atoms with Crippen molar-refractivity contribution in [2.75, 3.05) is 19.0 Å². The fourth-order valence-electron chi connectivity index (χ4n) is 3.51. The van der Waals surface area contributed by atoms with Crippen molar-refractivity contribution in [1.82, 2.24) is 14.8 Å². The number of nitrogens with zero attached hydrogens (tertiary/aromatic N) is 3. The van der Waals surface area contributed by atoms with E-state index in [9.17, 15) is 4.79 Å². The zero-order valence-electron chi connectivity index (χ0n) is 17.7. The SMILES string of the molecule is CCOc1ccc(C2C(C(=O)OC)=C(C)Nc3nc(SCc4ccccc4)nn32)cc1. The molecule has 0 saturated heterocycles. The lowest BCUT2D eigenvalue weighted by atomic mass is 9.96. The van der Waals surface area contributed by atoms with Crippen LogP contribution in [0.3, 0.4) is 0 Å². The summed E-state index contributed by atoms with van der Waals surface area (Å²) in [6, 6.07) is 17.4. The summed E-state index contributed by atoms with van der Waals surface area (Å²) in [5.41, 5.74) is 3.30. The summed E-state index contributed by atoms with van der Waals surface area (Å²) in [7, 11) is 1.38. The van der Waals surface area contributed by atoms with Crippen molar-refractivity contribution in [1.29, 1.82) is 0 Å². The summed E-state index contributed by atoms with van der Waals surface area (Å²) >= 11 is 1.55. The van der Waals surface area contributed by atoms with E-state index in [1.807, 2.05) is 56.3 Å². The molecule has 1 N–H and O–H groups in total. The topological polar surface area (TPSA) is 78.3 Å². The highest BCUT2D eigenvalue weighted by molar-refractivity contribution is 7.98. The van der Waals surface area contributed by atoms with Crippen LogP contribution >= 0.6 is 11.8 Å².